The summed E-state index contributed by atoms with van der Waals surface area (Å²) in [5.74, 6) is 1.31. The summed E-state index contributed by atoms with van der Waals surface area (Å²) in [6.45, 7) is 4.58. The highest BCUT2D eigenvalue weighted by molar-refractivity contribution is 5.98. The molecule has 5 heteroatoms. The Balaban J connectivity index is 1.94. The lowest BCUT2D eigenvalue weighted by Crippen LogP contribution is -2.27. The van der Waals surface area contributed by atoms with Crippen LogP contribution >= 0.6 is 0 Å². The van der Waals surface area contributed by atoms with Crippen LogP contribution in [0.1, 0.15) is 29.8 Å². The number of rotatable bonds is 7. The Morgan fingerprint density at radius 1 is 1.26 bits per heavy atom. The number of hydrogen-bond donors (Lipinski definition) is 2. The Hall–Kier alpha value is -2.56. The zero-order chi connectivity index (χ0) is 16.7. The van der Waals surface area contributed by atoms with Crippen LogP contribution in [-0.4, -0.2) is 30.6 Å². The zero-order valence-corrected chi connectivity index (χ0v) is 13.8. The number of nitrogens with one attached hydrogen (secondary N) is 2. The fourth-order valence-electron chi connectivity index (χ4n) is 2.22. The number of nitrogens with zero attached hydrogens (tertiary/aromatic N) is 1. The van der Waals surface area contributed by atoms with Gasteiger partial charge in [-0.25, -0.2) is 4.98 Å². The summed E-state index contributed by atoms with van der Waals surface area (Å²) in [4.78, 5) is 16.6. The molecule has 0 bridgehead atoms. The predicted octanol–water partition coefficient (Wildman–Crippen LogP) is 2.88. The van der Waals surface area contributed by atoms with Crippen molar-refractivity contribution in [3.63, 3.8) is 0 Å². The first-order valence-electron chi connectivity index (χ1n) is 7.73. The second-order valence-electron chi connectivity index (χ2n) is 5.56. The highest BCUT2D eigenvalue weighted by Crippen LogP contribution is 2.14. The summed E-state index contributed by atoms with van der Waals surface area (Å²) >= 11 is 0. The van der Waals surface area contributed by atoms with Crippen molar-refractivity contribution in [1.82, 2.24) is 10.3 Å². The van der Waals surface area contributed by atoms with Crippen LogP contribution in [0.25, 0.3) is 0 Å². The first-order chi connectivity index (χ1) is 11.1. The van der Waals surface area contributed by atoms with E-state index in [1.807, 2.05) is 38.1 Å². The van der Waals surface area contributed by atoms with Crippen LogP contribution in [0.3, 0.4) is 0 Å². The van der Waals surface area contributed by atoms with E-state index >= 15 is 0 Å². The fourth-order valence-corrected chi connectivity index (χ4v) is 2.22. The van der Waals surface area contributed by atoms with Crippen LogP contribution in [0.2, 0.25) is 0 Å². The second kappa shape index (κ2) is 8.17. The molecule has 1 heterocycles. The summed E-state index contributed by atoms with van der Waals surface area (Å²) < 4.78 is 5.20. The van der Waals surface area contributed by atoms with Crippen molar-refractivity contribution in [2.24, 2.45) is 0 Å². The SMILES string of the molecule is COc1cccc(CCNC(=O)c2cccnc2NC(C)C)c1. The van der Waals surface area contributed by atoms with E-state index in [1.54, 1.807) is 25.4 Å². The third-order valence-corrected chi connectivity index (χ3v) is 3.31. The first-order valence-corrected chi connectivity index (χ1v) is 7.73. The van der Waals surface area contributed by atoms with Crippen LogP contribution in [0.15, 0.2) is 42.6 Å². The minimum atomic E-state index is -0.121. The molecule has 0 atom stereocenters. The van der Waals surface area contributed by atoms with Crippen molar-refractivity contribution >= 4 is 11.7 Å². The van der Waals surface area contributed by atoms with Gasteiger partial charge in [-0.05, 0) is 50.1 Å². The number of carbonyl (C=O) groups excluding carboxylic acids is 1. The van der Waals surface area contributed by atoms with Gasteiger partial charge in [-0.2, -0.15) is 0 Å². The molecular formula is C18H23N3O2. The van der Waals surface area contributed by atoms with E-state index < -0.39 is 0 Å². The lowest BCUT2D eigenvalue weighted by molar-refractivity contribution is 0.0954. The van der Waals surface area contributed by atoms with Gasteiger partial charge in [-0.1, -0.05) is 12.1 Å². The van der Waals surface area contributed by atoms with Gasteiger partial charge in [-0.15, -0.1) is 0 Å². The summed E-state index contributed by atoms with van der Waals surface area (Å²) in [6.07, 6.45) is 2.42. The smallest absolute Gasteiger partial charge is 0.255 e. The van der Waals surface area contributed by atoms with Crippen molar-refractivity contribution < 1.29 is 9.53 Å². The van der Waals surface area contributed by atoms with Gasteiger partial charge >= 0.3 is 0 Å². The molecule has 0 radical (unpaired) electrons. The maximum absolute atomic E-state index is 12.3. The van der Waals surface area contributed by atoms with Crippen molar-refractivity contribution in [3.8, 4) is 5.75 Å². The van der Waals surface area contributed by atoms with Crippen LogP contribution < -0.4 is 15.4 Å². The molecule has 2 aromatic rings. The number of hydrogen-bond acceptors (Lipinski definition) is 4. The monoisotopic (exact) mass is 313 g/mol. The van der Waals surface area contributed by atoms with E-state index in [4.69, 9.17) is 4.74 Å². The summed E-state index contributed by atoms with van der Waals surface area (Å²) in [5.41, 5.74) is 1.68. The molecule has 0 saturated carbocycles. The summed E-state index contributed by atoms with van der Waals surface area (Å²) in [5, 5.41) is 6.13. The van der Waals surface area contributed by atoms with Gasteiger partial charge in [0.25, 0.3) is 5.91 Å². The molecule has 1 aromatic carbocycles. The molecule has 2 N–H and O–H groups in total. The fraction of sp³-hybridized carbons (Fsp3) is 0.333. The standard InChI is InChI=1S/C18H23N3O2/c1-13(2)21-17-16(8-5-10-19-17)18(22)20-11-9-14-6-4-7-15(12-14)23-3/h4-8,10,12-13H,9,11H2,1-3H3,(H,19,21)(H,20,22). The minimum absolute atomic E-state index is 0.121. The van der Waals surface area contributed by atoms with Crippen LogP contribution in [0, 0.1) is 0 Å². The summed E-state index contributed by atoms with van der Waals surface area (Å²) in [6, 6.07) is 11.6. The molecule has 0 aliphatic carbocycles. The highest BCUT2D eigenvalue weighted by Gasteiger charge is 2.12. The maximum Gasteiger partial charge on any atom is 0.255 e. The predicted molar refractivity (Wildman–Crippen MR) is 92.0 cm³/mol. The van der Waals surface area contributed by atoms with E-state index in [-0.39, 0.29) is 11.9 Å². The summed E-state index contributed by atoms with van der Waals surface area (Å²) in [7, 11) is 1.65. The molecule has 1 aromatic heterocycles. The Labute approximate surface area is 137 Å². The number of ether oxygens (including phenoxy) is 1. The highest BCUT2D eigenvalue weighted by atomic mass is 16.5. The molecule has 1 amide bonds. The Kier molecular flexibility index (Phi) is 5.97. The lowest BCUT2D eigenvalue weighted by Gasteiger charge is -2.13. The molecular weight excluding hydrogens is 290 g/mol. The van der Waals surface area contributed by atoms with Crippen LogP contribution in [0.5, 0.6) is 5.75 Å². The number of pyridine rings is 1. The molecule has 23 heavy (non-hydrogen) atoms. The first kappa shape index (κ1) is 16.8. The number of aromatic nitrogens is 1. The average molecular weight is 313 g/mol. The van der Waals surface area contributed by atoms with E-state index in [0.717, 1.165) is 17.7 Å². The van der Waals surface area contributed by atoms with Gasteiger partial charge in [-0.3, -0.25) is 4.79 Å². The molecule has 0 fully saturated rings. The Morgan fingerprint density at radius 3 is 2.83 bits per heavy atom. The third kappa shape index (κ3) is 4.98. The molecule has 2 rings (SSSR count). The third-order valence-electron chi connectivity index (χ3n) is 3.31. The molecule has 0 spiro atoms. The van der Waals surface area contributed by atoms with E-state index in [9.17, 15) is 4.79 Å². The lowest BCUT2D eigenvalue weighted by atomic mass is 10.1. The molecule has 0 saturated heterocycles. The Bertz CT molecular complexity index is 656. The topological polar surface area (TPSA) is 63.2 Å². The van der Waals surface area contributed by atoms with Gasteiger partial charge in [0.05, 0.1) is 12.7 Å². The van der Waals surface area contributed by atoms with Gasteiger partial charge in [0.15, 0.2) is 0 Å². The largest absolute Gasteiger partial charge is 0.497 e. The van der Waals surface area contributed by atoms with Gasteiger partial charge in [0.1, 0.15) is 11.6 Å². The molecule has 0 aliphatic rings. The quantitative estimate of drug-likeness (QED) is 0.825. The van der Waals surface area contributed by atoms with Gasteiger partial charge in [0.2, 0.25) is 0 Å². The maximum atomic E-state index is 12.3. The molecule has 5 nitrogen and oxygen atoms in total. The number of carbonyl (C=O) groups is 1. The molecule has 0 unspecified atom stereocenters. The number of benzene rings is 1. The van der Waals surface area contributed by atoms with Crippen molar-refractivity contribution in [2.45, 2.75) is 26.3 Å². The Morgan fingerprint density at radius 2 is 2.09 bits per heavy atom. The minimum Gasteiger partial charge on any atom is -0.497 e. The van der Waals surface area contributed by atoms with E-state index in [0.29, 0.717) is 17.9 Å². The van der Waals surface area contributed by atoms with Crippen LogP contribution in [0.4, 0.5) is 5.82 Å². The van der Waals surface area contributed by atoms with E-state index in [1.165, 1.54) is 0 Å². The average Bonchev–Trinajstić information content (AvgIpc) is 2.55. The van der Waals surface area contributed by atoms with Crippen molar-refractivity contribution in [2.75, 3.05) is 19.0 Å². The number of anilines is 1. The zero-order valence-electron chi connectivity index (χ0n) is 13.8. The number of methoxy groups -OCH3 is 1. The van der Waals surface area contributed by atoms with Crippen molar-refractivity contribution in [1.29, 1.82) is 0 Å². The number of amides is 1. The molecule has 122 valence electrons. The van der Waals surface area contributed by atoms with Crippen LogP contribution in [-0.2, 0) is 6.42 Å². The van der Waals surface area contributed by atoms with Gasteiger partial charge < -0.3 is 15.4 Å². The van der Waals surface area contributed by atoms with Crippen molar-refractivity contribution in [3.05, 3.63) is 53.7 Å². The second-order valence-corrected chi connectivity index (χ2v) is 5.56. The normalized spacial score (nSPS) is 10.4. The van der Waals surface area contributed by atoms with E-state index in [2.05, 4.69) is 15.6 Å². The molecule has 0 aliphatic heterocycles. The van der Waals surface area contributed by atoms with Gasteiger partial charge in [0, 0.05) is 18.8 Å².